The second-order valence-electron chi connectivity index (χ2n) is 6.48. The summed E-state index contributed by atoms with van der Waals surface area (Å²) in [6.45, 7) is 12.8. The van der Waals surface area contributed by atoms with E-state index in [0.29, 0.717) is 11.8 Å². The van der Waals surface area contributed by atoms with Gasteiger partial charge in [0.1, 0.15) is 0 Å². The first-order valence-corrected chi connectivity index (χ1v) is 8.12. The zero-order chi connectivity index (χ0) is 17.0. The average Bonchev–Trinajstić information content (AvgIpc) is 2.53. The summed E-state index contributed by atoms with van der Waals surface area (Å²) in [4.78, 5) is 4.70. The van der Waals surface area contributed by atoms with Gasteiger partial charge in [-0.05, 0) is 40.7 Å². The highest BCUT2D eigenvalue weighted by atomic mass is 14.8. The third-order valence-electron chi connectivity index (χ3n) is 4.04. The van der Waals surface area contributed by atoms with Gasteiger partial charge in [-0.2, -0.15) is 0 Å². The molecule has 1 aromatic carbocycles. The van der Waals surface area contributed by atoms with Crippen LogP contribution >= 0.6 is 0 Å². The van der Waals surface area contributed by atoms with Crippen molar-refractivity contribution >= 4 is 11.4 Å². The minimum Gasteiger partial charge on any atom is -0.403 e. The minimum absolute atomic E-state index is 0.484. The molecule has 0 spiro atoms. The molecule has 1 aliphatic rings. The molecule has 0 saturated carbocycles. The van der Waals surface area contributed by atoms with Crippen molar-refractivity contribution in [3.05, 3.63) is 77.5 Å². The van der Waals surface area contributed by atoms with Crippen LogP contribution in [0.4, 0.5) is 0 Å². The molecule has 2 rings (SSSR count). The van der Waals surface area contributed by atoms with Crippen LogP contribution in [0.25, 0.3) is 5.70 Å². The Balaban J connectivity index is 2.27. The molecule has 0 aliphatic heterocycles. The van der Waals surface area contributed by atoms with Gasteiger partial charge in [0.2, 0.25) is 0 Å². The highest BCUT2D eigenvalue weighted by Crippen LogP contribution is 2.24. The van der Waals surface area contributed by atoms with Crippen LogP contribution < -0.4 is 5.73 Å². The second kappa shape index (κ2) is 7.28. The Hall–Kier alpha value is -2.35. The maximum Gasteiger partial charge on any atom is 0.0863 e. The molecule has 0 bridgehead atoms. The Bertz CT molecular complexity index is 696. The topological polar surface area (TPSA) is 38.4 Å². The molecule has 2 N–H and O–H groups in total. The average molecular weight is 306 g/mol. The van der Waals surface area contributed by atoms with Crippen molar-refractivity contribution in [3.63, 3.8) is 0 Å². The predicted octanol–water partition coefficient (Wildman–Crippen LogP) is 5.22. The van der Waals surface area contributed by atoms with Crippen LogP contribution in [0.2, 0.25) is 0 Å². The van der Waals surface area contributed by atoms with Gasteiger partial charge in [-0.25, -0.2) is 4.99 Å². The summed E-state index contributed by atoms with van der Waals surface area (Å²) in [5.74, 6) is 0.999. The summed E-state index contributed by atoms with van der Waals surface area (Å²) in [5.41, 5.74) is 12.0. The van der Waals surface area contributed by atoms with E-state index >= 15 is 0 Å². The lowest BCUT2D eigenvalue weighted by Gasteiger charge is -2.14. The third kappa shape index (κ3) is 4.10. The van der Waals surface area contributed by atoms with Crippen LogP contribution in [0.5, 0.6) is 0 Å². The molecule has 120 valence electrons. The Labute approximate surface area is 139 Å². The number of hydrogen-bond donors (Lipinski definition) is 1. The van der Waals surface area contributed by atoms with Gasteiger partial charge in [-0.1, -0.05) is 64.6 Å². The van der Waals surface area contributed by atoms with Crippen molar-refractivity contribution < 1.29 is 0 Å². The number of rotatable bonds is 4. The smallest absolute Gasteiger partial charge is 0.0863 e. The van der Waals surface area contributed by atoms with Gasteiger partial charge in [-0.15, -0.1) is 0 Å². The molecule has 1 aromatic rings. The van der Waals surface area contributed by atoms with Crippen molar-refractivity contribution in [1.29, 1.82) is 0 Å². The maximum absolute atomic E-state index is 5.80. The van der Waals surface area contributed by atoms with Gasteiger partial charge in [0.05, 0.1) is 11.4 Å². The van der Waals surface area contributed by atoms with Gasteiger partial charge < -0.3 is 5.73 Å². The van der Waals surface area contributed by atoms with Crippen LogP contribution in [0.15, 0.2) is 71.4 Å². The molecule has 0 aromatic heterocycles. The molecule has 0 atom stereocenters. The Morgan fingerprint density at radius 3 is 2.17 bits per heavy atom. The third-order valence-corrected chi connectivity index (χ3v) is 4.04. The molecule has 0 saturated heterocycles. The maximum atomic E-state index is 5.80. The number of aliphatic imine (C=N–C) groups is 1. The lowest BCUT2D eigenvalue weighted by atomic mass is 9.94. The number of nitrogens with two attached hydrogens (primary N) is 1. The van der Waals surface area contributed by atoms with Gasteiger partial charge in [0.15, 0.2) is 0 Å². The summed E-state index contributed by atoms with van der Waals surface area (Å²) in [7, 11) is 0. The van der Waals surface area contributed by atoms with E-state index in [9.17, 15) is 0 Å². The highest BCUT2D eigenvalue weighted by Gasteiger charge is 2.11. The molecule has 0 radical (unpaired) electrons. The number of hydrogen-bond acceptors (Lipinski definition) is 2. The quantitative estimate of drug-likeness (QED) is 0.814. The first-order chi connectivity index (χ1) is 10.9. The molecule has 0 unspecified atom stereocenters. The van der Waals surface area contributed by atoms with Crippen molar-refractivity contribution in [2.24, 2.45) is 16.6 Å². The van der Waals surface area contributed by atoms with E-state index < -0.39 is 0 Å². The molecule has 0 amide bonds. The van der Waals surface area contributed by atoms with Gasteiger partial charge in [0.25, 0.3) is 0 Å². The van der Waals surface area contributed by atoms with E-state index in [1.165, 1.54) is 11.1 Å². The summed E-state index contributed by atoms with van der Waals surface area (Å²) in [6.07, 6.45) is 7.78. The first-order valence-electron chi connectivity index (χ1n) is 8.12. The fourth-order valence-electron chi connectivity index (χ4n) is 2.44. The Morgan fingerprint density at radius 2 is 1.70 bits per heavy atom. The first kappa shape index (κ1) is 17.0. The van der Waals surface area contributed by atoms with Crippen molar-refractivity contribution in [2.45, 2.75) is 33.6 Å². The van der Waals surface area contributed by atoms with Gasteiger partial charge in [0, 0.05) is 11.8 Å². The van der Waals surface area contributed by atoms with E-state index in [-0.39, 0.29) is 0 Å². The van der Waals surface area contributed by atoms with E-state index in [0.717, 1.165) is 22.5 Å². The van der Waals surface area contributed by atoms with Crippen LogP contribution in [0.3, 0.4) is 0 Å². The fraction of sp³-hybridized carbons (Fsp3) is 0.286. The van der Waals surface area contributed by atoms with E-state index in [1.807, 2.05) is 6.08 Å². The molecule has 0 fully saturated rings. The zero-order valence-corrected chi connectivity index (χ0v) is 14.5. The minimum atomic E-state index is 0.484. The molecule has 0 heterocycles. The summed E-state index contributed by atoms with van der Waals surface area (Å²) >= 11 is 0. The largest absolute Gasteiger partial charge is 0.403 e. The van der Waals surface area contributed by atoms with E-state index in [2.05, 4.69) is 70.7 Å². The van der Waals surface area contributed by atoms with Crippen molar-refractivity contribution in [1.82, 2.24) is 0 Å². The lowest BCUT2D eigenvalue weighted by Crippen LogP contribution is -2.05. The predicted molar refractivity (Wildman–Crippen MR) is 101 cm³/mol. The van der Waals surface area contributed by atoms with Crippen LogP contribution in [0, 0.1) is 5.92 Å². The zero-order valence-electron chi connectivity index (χ0n) is 14.5. The van der Waals surface area contributed by atoms with Gasteiger partial charge >= 0.3 is 0 Å². The summed E-state index contributed by atoms with van der Waals surface area (Å²) in [5, 5.41) is 0. The molecular formula is C21H26N2. The highest BCUT2D eigenvalue weighted by molar-refractivity contribution is 6.13. The molecule has 2 nitrogen and oxygen atoms in total. The monoisotopic (exact) mass is 306 g/mol. The number of benzene rings is 1. The number of nitrogens with zero attached hydrogens (tertiary/aromatic N) is 1. The summed E-state index contributed by atoms with van der Waals surface area (Å²) < 4.78 is 0. The van der Waals surface area contributed by atoms with E-state index in [4.69, 9.17) is 10.7 Å². The SMILES string of the molecule is C=C1C=C(C(C)C)C=CC1=N/C(=C\N)c1ccc(C(C)C)cc1. The second-order valence-corrected chi connectivity index (χ2v) is 6.48. The van der Waals surface area contributed by atoms with Crippen LogP contribution in [0.1, 0.15) is 44.7 Å². The lowest BCUT2D eigenvalue weighted by molar-refractivity contribution is 0.790. The van der Waals surface area contributed by atoms with E-state index in [1.54, 1.807) is 6.20 Å². The van der Waals surface area contributed by atoms with Crippen molar-refractivity contribution in [3.8, 4) is 0 Å². The van der Waals surface area contributed by atoms with Crippen molar-refractivity contribution in [2.75, 3.05) is 0 Å². The molecule has 1 aliphatic carbocycles. The Morgan fingerprint density at radius 1 is 1.04 bits per heavy atom. The summed E-state index contributed by atoms with van der Waals surface area (Å²) in [6, 6.07) is 8.41. The van der Waals surface area contributed by atoms with Gasteiger partial charge in [-0.3, -0.25) is 0 Å². The molecular weight excluding hydrogens is 280 g/mol. The number of allylic oxidation sites excluding steroid dienone is 5. The van der Waals surface area contributed by atoms with Crippen LogP contribution in [-0.2, 0) is 0 Å². The normalized spacial score (nSPS) is 17.3. The van der Waals surface area contributed by atoms with Crippen LogP contribution in [-0.4, -0.2) is 5.71 Å². The molecule has 2 heteroatoms. The Kier molecular flexibility index (Phi) is 5.38. The molecule has 23 heavy (non-hydrogen) atoms. The standard InChI is InChI=1S/C21H26N2/c1-14(2)17-6-8-18(9-7-17)21(13-22)23-20-11-10-19(15(3)4)12-16(20)5/h6-15H,5,22H2,1-4H3/b21-13-,23-20?. The fourth-order valence-corrected chi connectivity index (χ4v) is 2.44.